The predicted molar refractivity (Wildman–Crippen MR) is 139 cm³/mol. The molecule has 190 valence electrons. The van der Waals surface area contributed by atoms with Crippen LogP contribution in [0.1, 0.15) is 0 Å². The lowest BCUT2D eigenvalue weighted by Gasteiger charge is -2.20. The highest BCUT2D eigenvalue weighted by Crippen LogP contribution is 2.79. The largest absolute Gasteiger partial charge is 0.647 e. The summed E-state index contributed by atoms with van der Waals surface area (Å²) in [6, 6.07) is 26.5. The number of hydrogen-bond acceptors (Lipinski definition) is 9. The number of benzene rings is 4. The lowest BCUT2D eigenvalue weighted by Crippen LogP contribution is -2.06. The summed E-state index contributed by atoms with van der Waals surface area (Å²) in [5, 5.41) is 0. The van der Waals surface area contributed by atoms with Crippen molar-refractivity contribution in [2.45, 2.75) is 0 Å². The smallest absolute Gasteiger partial charge is 0.385 e. The van der Waals surface area contributed by atoms with Crippen LogP contribution in [0.2, 0.25) is 0 Å². The van der Waals surface area contributed by atoms with Crippen LogP contribution in [-0.2, 0) is 9.13 Å². The first-order valence-corrected chi connectivity index (χ1v) is 14.9. The minimum absolute atomic E-state index is 0.000254. The van der Waals surface area contributed by atoms with Gasteiger partial charge in [-0.2, -0.15) is 9.13 Å². The number of para-hydroxylation sites is 1. The van der Waals surface area contributed by atoms with E-state index in [1.54, 1.807) is 18.2 Å². The molecule has 0 saturated carbocycles. The van der Waals surface area contributed by atoms with E-state index in [2.05, 4.69) is 0 Å². The highest BCUT2D eigenvalue weighted by molar-refractivity contribution is 7.51. The Morgan fingerprint density at radius 3 is 1.74 bits per heavy atom. The quantitative estimate of drug-likeness (QED) is 0.205. The number of rotatable bonds is 2. The van der Waals surface area contributed by atoms with Crippen LogP contribution >= 0.6 is 15.6 Å². The summed E-state index contributed by atoms with van der Waals surface area (Å²) >= 11 is 0. The standard InChI is InChI=1S/C27H14N2O8P2/c30-38-32-18-14-8-7-13-17(18)27-28-19(15-9-3-1-4-10-15)20(16-11-5-2-6-12-16)29(27)21-22(33-38)24(35-38)26-25-23(21)34-39(31,36-25)37-26/h1-14H. The zero-order valence-corrected chi connectivity index (χ0v) is 21.4. The van der Waals surface area contributed by atoms with E-state index in [4.69, 9.17) is 32.1 Å². The van der Waals surface area contributed by atoms with E-state index >= 15 is 0 Å². The van der Waals surface area contributed by atoms with Gasteiger partial charge >= 0.3 is 15.6 Å². The Hall–Kier alpha value is -4.65. The second-order valence-corrected chi connectivity index (χ2v) is 12.0. The first-order chi connectivity index (χ1) is 19.0. The van der Waals surface area contributed by atoms with E-state index in [1.807, 2.05) is 71.3 Å². The van der Waals surface area contributed by atoms with Gasteiger partial charge in [-0.15, -0.1) is 0 Å². The molecule has 4 aromatic carbocycles. The average molecular weight is 556 g/mol. The van der Waals surface area contributed by atoms with Gasteiger partial charge in [-0.25, -0.2) is 4.98 Å². The predicted octanol–water partition coefficient (Wildman–Crippen LogP) is 7.42. The Bertz CT molecular complexity index is 1990. The maximum absolute atomic E-state index is 13.8. The van der Waals surface area contributed by atoms with Crippen molar-refractivity contribution in [3.8, 4) is 74.1 Å². The fourth-order valence-electron chi connectivity index (χ4n) is 5.25. The molecule has 4 aliphatic rings. The third kappa shape index (κ3) is 2.79. The molecule has 2 unspecified atom stereocenters. The van der Waals surface area contributed by atoms with Crippen molar-refractivity contribution in [3.63, 3.8) is 0 Å². The molecule has 10 nitrogen and oxygen atoms in total. The van der Waals surface area contributed by atoms with Crippen molar-refractivity contribution < 1.29 is 36.3 Å². The summed E-state index contributed by atoms with van der Waals surface area (Å²) in [7, 11) is -8.21. The van der Waals surface area contributed by atoms with Gasteiger partial charge < -0.3 is 27.1 Å². The molecule has 0 saturated heterocycles. The molecule has 9 rings (SSSR count). The van der Waals surface area contributed by atoms with Crippen LogP contribution < -0.4 is 27.1 Å². The van der Waals surface area contributed by atoms with Crippen LogP contribution in [0.3, 0.4) is 0 Å². The topological polar surface area (TPSA) is 107 Å². The molecule has 0 fully saturated rings. The molecule has 2 atom stereocenters. The van der Waals surface area contributed by atoms with Crippen LogP contribution in [0.4, 0.5) is 0 Å². The molecule has 12 heteroatoms. The number of nitrogens with zero attached hydrogens (tertiary/aromatic N) is 2. The Morgan fingerprint density at radius 1 is 0.564 bits per heavy atom. The fraction of sp³-hybridized carbons (Fsp3) is 0. The molecule has 4 aliphatic heterocycles. The van der Waals surface area contributed by atoms with E-state index in [0.29, 0.717) is 22.8 Å². The summed E-state index contributed by atoms with van der Waals surface area (Å²) in [4.78, 5) is 5.12. The van der Waals surface area contributed by atoms with Gasteiger partial charge in [0.1, 0.15) is 17.3 Å². The van der Waals surface area contributed by atoms with Crippen molar-refractivity contribution >= 4 is 15.6 Å². The summed E-state index contributed by atoms with van der Waals surface area (Å²) in [6.45, 7) is 0. The highest BCUT2D eigenvalue weighted by atomic mass is 31.2. The first-order valence-electron chi connectivity index (χ1n) is 12.0. The van der Waals surface area contributed by atoms with Gasteiger partial charge in [0, 0.05) is 11.1 Å². The first kappa shape index (κ1) is 21.3. The molecular weight excluding hydrogens is 542 g/mol. The molecular formula is C27H14N2O8P2. The molecule has 1 aromatic heterocycles. The van der Waals surface area contributed by atoms with Gasteiger partial charge in [0.15, 0.2) is 0 Å². The van der Waals surface area contributed by atoms with Crippen molar-refractivity contribution in [1.29, 1.82) is 0 Å². The number of aromatic nitrogens is 2. The van der Waals surface area contributed by atoms with E-state index in [9.17, 15) is 9.13 Å². The zero-order chi connectivity index (χ0) is 25.9. The number of phosphoric ester groups is 2. The maximum Gasteiger partial charge on any atom is 0.647 e. The summed E-state index contributed by atoms with van der Waals surface area (Å²) < 4.78 is 63.1. The molecule has 5 heterocycles. The third-order valence-corrected chi connectivity index (χ3v) is 9.26. The van der Waals surface area contributed by atoms with Crippen LogP contribution in [-0.4, -0.2) is 9.55 Å². The van der Waals surface area contributed by atoms with Crippen LogP contribution in [0, 0.1) is 0 Å². The molecule has 39 heavy (non-hydrogen) atoms. The molecule has 0 N–H and O–H groups in total. The van der Waals surface area contributed by atoms with Gasteiger partial charge in [0.25, 0.3) is 0 Å². The number of phosphoric acid groups is 2. The SMILES string of the molecule is O=P12Oc3ccccc3-c3nc(-c4ccccc4)c(-c4ccccc4)n3-c3c(c(c4c5c3OP(=O)(O4)O5)O1)O2. The summed E-state index contributed by atoms with van der Waals surface area (Å²) in [5.74, 6) is 0.912. The number of fused-ring (bicyclic) bond motifs is 8. The monoisotopic (exact) mass is 556 g/mol. The van der Waals surface area contributed by atoms with Crippen LogP contribution in [0.25, 0.3) is 39.6 Å². The van der Waals surface area contributed by atoms with E-state index < -0.39 is 15.6 Å². The molecule has 0 spiro atoms. The second kappa shape index (κ2) is 7.05. The van der Waals surface area contributed by atoms with E-state index in [1.165, 1.54) is 0 Å². The Labute approximate surface area is 220 Å². The lowest BCUT2D eigenvalue weighted by atomic mass is 10.0. The Morgan fingerprint density at radius 2 is 1.08 bits per heavy atom. The van der Waals surface area contributed by atoms with Crippen LogP contribution in [0.15, 0.2) is 84.9 Å². The molecule has 5 aromatic rings. The lowest BCUT2D eigenvalue weighted by molar-refractivity contribution is 0.327. The molecule has 4 bridgehead atoms. The summed E-state index contributed by atoms with van der Waals surface area (Å²) in [6.07, 6.45) is 0. The minimum atomic E-state index is -4.23. The zero-order valence-electron chi connectivity index (χ0n) is 19.6. The third-order valence-electron chi connectivity index (χ3n) is 6.80. The molecule has 0 aliphatic carbocycles. The Kier molecular flexibility index (Phi) is 3.85. The number of hydrogen-bond donors (Lipinski definition) is 0. The van der Waals surface area contributed by atoms with Crippen molar-refractivity contribution in [1.82, 2.24) is 9.55 Å². The minimum Gasteiger partial charge on any atom is -0.385 e. The van der Waals surface area contributed by atoms with Crippen molar-refractivity contribution in [2.24, 2.45) is 0 Å². The van der Waals surface area contributed by atoms with Gasteiger partial charge in [0.2, 0.25) is 28.7 Å². The Balaban J connectivity index is 1.50. The number of imidazole rings is 1. The van der Waals surface area contributed by atoms with E-state index in [0.717, 1.165) is 11.1 Å². The van der Waals surface area contributed by atoms with Gasteiger partial charge in [-0.05, 0) is 12.1 Å². The average Bonchev–Trinajstić information content (AvgIpc) is 3.69. The maximum atomic E-state index is 13.8. The highest BCUT2D eigenvalue weighted by Gasteiger charge is 2.59. The second-order valence-electron chi connectivity index (χ2n) is 9.13. The molecule has 0 radical (unpaired) electrons. The van der Waals surface area contributed by atoms with Crippen molar-refractivity contribution in [3.05, 3.63) is 84.9 Å². The normalized spacial score (nSPS) is 21.9. The summed E-state index contributed by atoms with van der Waals surface area (Å²) in [5.41, 5.74) is 3.84. The van der Waals surface area contributed by atoms with Gasteiger partial charge in [-0.3, -0.25) is 4.57 Å². The van der Waals surface area contributed by atoms with Gasteiger partial charge in [-0.1, -0.05) is 72.8 Å². The van der Waals surface area contributed by atoms with Crippen molar-refractivity contribution in [2.75, 3.05) is 0 Å². The van der Waals surface area contributed by atoms with Crippen LogP contribution in [0.5, 0.6) is 34.5 Å². The molecule has 0 amide bonds. The fourth-order valence-corrected chi connectivity index (χ4v) is 7.83. The van der Waals surface area contributed by atoms with Gasteiger partial charge in [0.05, 0.1) is 17.0 Å². The van der Waals surface area contributed by atoms with E-state index in [-0.39, 0.29) is 40.2 Å².